The van der Waals surface area contributed by atoms with Gasteiger partial charge in [-0.1, -0.05) is 35.5 Å². The average molecular weight is 307 g/mol. The van der Waals surface area contributed by atoms with E-state index < -0.39 is 0 Å². The van der Waals surface area contributed by atoms with Crippen LogP contribution >= 0.6 is 0 Å². The molecule has 0 radical (unpaired) electrons. The fourth-order valence-electron chi connectivity index (χ4n) is 2.35. The molecular formula is C18H17N3O2. The first-order valence-electron chi connectivity index (χ1n) is 7.34. The molecule has 0 atom stereocenters. The number of ether oxygens (including phenoxy) is 1. The third kappa shape index (κ3) is 3.13. The van der Waals surface area contributed by atoms with Crippen molar-refractivity contribution in [1.82, 2.24) is 15.0 Å². The summed E-state index contributed by atoms with van der Waals surface area (Å²) in [5.41, 5.74) is 4.00. The summed E-state index contributed by atoms with van der Waals surface area (Å²) in [4.78, 5) is 11.3. The largest absolute Gasteiger partial charge is 0.487 e. The molecule has 116 valence electrons. The highest BCUT2D eigenvalue weighted by atomic mass is 16.5. The minimum Gasteiger partial charge on any atom is -0.487 e. The van der Waals surface area contributed by atoms with Crippen molar-refractivity contribution in [3.63, 3.8) is 0 Å². The van der Waals surface area contributed by atoms with Gasteiger partial charge in [0.1, 0.15) is 18.1 Å². The van der Waals surface area contributed by atoms with Crippen LogP contribution in [0.25, 0.3) is 5.69 Å². The summed E-state index contributed by atoms with van der Waals surface area (Å²) >= 11 is 0. The first-order valence-corrected chi connectivity index (χ1v) is 7.34. The summed E-state index contributed by atoms with van der Waals surface area (Å²) in [5.74, 6) is 0.734. The maximum absolute atomic E-state index is 11.3. The van der Waals surface area contributed by atoms with Crippen molar-refractivity contribution >= 4 is 6.29 Å². The zero-order chi connectivity index (χ0) is 16.2. The van der Waals surface area contributed by atoms with Gasteiger partial charge in [0.15, 0.2) is 12.0 Å². The molecule has 5 heteroatoms. The van der Waals surface area contributed by atoms with Gasteiger partial charge < -0.3 is 4.74 Å². The minimum absolute atomic E-state index is 0.221. The zero-order valence-electron chi connectivity index (χ0n) is 13.1. The minimum atomic E-state index is 0.221. The number of carbonyl (C=O) groups is 1. The van der Waals surface area contributed by atoms with Gasteiger partial charge in [0.25, 0.3) is 0 Å². The Balaban J connectivity index is 1.97. The Labute approximate surface area is 134 Å². The van der Waals surface area contributed by atoms with E-state index >= 15 is 0 Å². The fraction of sp³-hybridized carbons (Fsp3) is 0.167. The second kappa shape index (κ2) is 6.44. The maximum atomic E-state index is 11.3. The molecule has 0 bridgehead atoms. The highest BCUT2D eigenvalue weighted by molar-refractivity contribution is 5.73. The van der Waals surface area contributed by atoms with Gasteiger partial charge in [-0.3, -0.25) is 4.79 Å². The molecule has 1 heterocycles. The first-order chi connectivity index (χ1) is 11.2. The van der Waals surface area contributed by atoms with Gasteiger partial charge in [-0.05, 0) is 43.2 Å². The summed E-state index contributed by atoms with van der Waals surface area (Å²) in [6.45, 7) is 4.23. The van der Waals surface area contributed by atoms with Gasteiger partial charge in [0.05, 0.1) is 5.69 Å². The molecule has 0 aliphatic heterocycles. The van der Waals surface area contributed by atoms with E-state index in [9.17, 15) is 4.79 Å². The van der Waals surface area contributed by atoms with Crippen molar-refractivity contribution in [1.29, 1.82) is 0 Å². The van der Waals surface area contributed by atoms with E-state index in [-0.39, 0.29) is 6.61 Å². The predicted octanol–water partition coefficient (Wildman–Crippen LogP) is 3.28. The number of aromatic nitrogens is 3. The molecule has 0 saturated carbocycles. The molecular weight excluding hydrogens is 290 g/mol. The molecule has 23 heavy (non-hydrogen) atoms. The number of hydrogen-bond acceptors (Lipinski definition) is 4. The molecule has 0 amide bonds. The molecule has 2 aromatic carbocycles. The highest BCUT2D eigenvalue weighted by Crippen LogP contribution is 2.20. The summed E-state index contributed by atoms with van der Waals surface area (Å²) in [7, 11) is 0. The molecule has 0 saturated heterocycles. The van der Waals surface area contributed by atoms with E-state index in [4.69, 9.17) is 4.74 Å². The van der Waals surface area contributed by atoms with Crippen molar-refractivity contribution in [3.8, 4) is 11.4 Å². The van der Waals surface area contributed by atoms with Gasteiger partial charge in [-0.2, -0.15) is 0 Å². The predicted molar refractivity (Wildman–Crippen MR) is 87.0 cm³/mol. The van der Waals surface area contributed by atoms with E-state index in [2.05, 4.69) is 10.3 Å². The smallest absolute Gasteiger partial charge is 0.172 e. The highest BCUT2D eigenvalue weighted by Gasteiger charge is 2.16. The SMILES string of the molecule is Cc1ccc(C)c(-n2nnc(C=O)c2COc2ccccc2)c1. The van der Waals surface area contributed by atoms with Gasteiger partial charge >= 0.3 is 0 Å². The molecule has 5 nitrogen and oxygen atoms in total. The van der Waals surface area contributed by atoms with Crippen LogP contribution in [0, 0.1) is 13.8 Å². The molecule has 1 aromatic heterocycles. The van der Waals surface area contributed by atoms with E-state index in [1.165, 1.54) is 0 Å². The Morgan fingerprint density at radius 1 is 1.13 bits per heavy atom. The van der Waals surface area contributed by atoms with Crippen LogP contribution in [0.4, 0.5) is 0 Å². The second-order valence-corrected chi connectivity index (χ2v) is 5.34. The van der Waals surface area contributed by atoms with Crippen LogP contribution in [0.2, 0.25) is 0 Å². The molecule has 0 fully saturated rings. The number of carbonyl (C=O) groups excluding carboxylic acids is 1. The molecule has 0 unspecified atom stereocenters. The van der Waals surface area contributed by atoms with Crippen LogP contribution < -0.4 is 4.74 Å². The summed E-state index contributed by atoms with van der Waals surface area (Å²) in [6.07, 6.45) is 0.707. The Morgan fingerprint density at radius 2 is 1.91 bits per heavy atom. The standard InChI is InChI=1S/C18H17N3O2/c1-13-8-9-14(2)17(10-13)21-18(16(11-22)19-20-21)12-23-15-6-4-3-5-7-15/h3-11H,12H2,1-2H3. The maximum Gasteiger partial charge on any atom is 0.172 e. The van der Waals surface area contributed by atoms with Gasteiger partial charge in [0, 0.05) is 0 Å². The molecule has 0 N–H and O–H groups in total. The van der Waals surface area contributed by atoms with Gasteiger partial charge in [-0.15, -0.1) is 5.10 Å². The number of benzene rings is 2. The fourth-order valence-corrected chi connectivity index (χ4v) is 2.35. The third-order valence-electron chi connectivity index (χ3n) is 3.62. The van der Waals surface area contributed by atoms with Crippen LogP contribution in [0.15, 0.2) is 48.5 Å². The van der Waals surface area contributed by atoms with Crippen molar-refractivity contribution < 1.29 is 9.53 Å². The Bertz CT molecular complexity index is 826. The van der Waals surface area contributed by atoms with Crippen LogP contribution in [-0.4, -0.2) is 21.3 Å². The van der Waals surface area contributed by atoms with E-state index in [0.717, 1.165) is 22.6 Å². The summed E-state index contributed by atoms with van der Waals surface area (Å²) < 4.78 is 7.44. The Kier molecular flexibility index (Phi) is 4.19. The van der Waals surface area contributed by atoms with Crippen LogP contribution in [0.5, 0.6) is 5.75 Å². The Morgan fingerprint density at radius 3 is 2.65 bits per heavy atom. The number of para-hydroxylation sites is 1. The normalized spacial score (nSPS) is 10.5. The summed E-state index contributed by atoms with van der Waals surface area (Å²) in [5, 5.41) is 8.09. The number of aryl methyl sites for hydroxylation is 2. The quantitative estimate of drug-likeness (QED) is 0.679. The number of hydrogen-bond donors (Lipinski definition) is 0. The van der Waals surface area contributed by atoms with Gasteiger partial charge in [0.2, 0.25) is 0 Å². The van der Waals surface area contributed by atoms with Crippen LogP contribution in [-0.2, 0) is 6.61 Å². The number of rotatable bonds is 5. The zero-order valence-corrected chi connectivity index (χ0v) is 13.1. The molecule has 3 aromatic rings. The monoisotopic (exact) mass is 307 g/mol. The van der Waals surface area contributed by atoms with Crippen molar-refractivity contribution in [3.05, 3.63) is 71.0 Å². The topological polar surface area (TPSA) is 57.0 Å². The van der Waals surface area contributed by atoms with Crippen LogP contribution in [0.1, 0.15) is 27.3 Å². The third-order valence-corrected chi connectivity index (χ3v) is 3.62. The lowest BCUT2D eigenvalue weighted by Gasteiger charge is -2.11. The number of aldehydes is 1. The molecule has 0 aliphatic rings. The lowest BCUT2D eigenvalue weighted by molar-refractivity contribution is 0.111. The lowest BCUT2D eigenvalue weighted by Crippen LogP contribution is -2.09. The van der Waals surface area contributed by atoms with Crippen LogP contribution in [0.3, 0.4) is 0 Å². The molecule has 0 aliphatic carbocycles. The Hall–Kier alpha value is -2.95. The van der Waals surface area contributed by atoms with Crippen molar-refractivity contribution in [2.24, 2.45) is 0 Å². The van der Waals surface area contributed by atoms with E-state index in [1.807, 2.05) is 62.4 Å². The number of nitrogens with zero attached hydrogens (tertiary/aromatic N) is 3. The second-order valence-electron chi connectivity index (χ2n) is 5.34. The summed E-state index contributed by atoms with van der Waals surface area (Å²) in [6, 6.07) is 15.5. The molecule has 0 spiro atoms. The van der Waals surface area contributed by atoms with E-state index in [0.29, 0.717) is 17.7 Å². The first kappa shape index (κ1) is 15.0. The molecule has 3 rings (SSSR count). The van der Waals surface area contributed by atoms with Crippen molar-refractivity contribution in [2.45, 2.75) is 20.5 Å². The van der Waals surface area contributed by atoms with E-state index in [1.54, 1.807) is 4.68 Å². The average Bonchev–Trinajstić information content (AvgIpc) is 2.99. The van der Waals surface area contributed by atoms with Gasteiger partial charge in [-0.25, -0.2) is 4.68 Å². The lowest BCUT2D eigenvalue weighted by atomic mass is 10.1. The van der Waals surface area contributed by atoms with Crippen molar-refractivity contribution in [2.75, 3.05) is 0 Å².